The first-order valence-corrected chi connectivity index (χ1v) is 9.81. The summed E-state index contributed by atoms with van der Waals surface area (Å²) in [5.41, 5.74) is 0.941. The molecule has 1 atom stereocenters. The second-order valence-electron chi connectivity index (χ2n) is 6.87. The van der Waals surface area contributed by atoms with Gasteiger partial charge >= 0.3 is 0 Å². The van der Waals surface area contributed by atoms with Gasteiger partial charge in [-0.3, -0.25) is 14.6 Å². The Labute approximate surface area is 182 Å². The van der Waals surface area contributed by atoms with E-state index < -0.39 is 17.7 Å². The van der Waals surface area contributed by atoms with E-state index in [1.807, 2.05) is 0 Å². The molecule has 2 aromatic heterocycles. The fourth-order valence-corrected chi connectivity index (χ4v) is 3.72. The molecule has 0 spiro atoms. The minimum absolute atomic E-state index is 0.0726. The van der Waals surface area contributed by atoms with E-state index in [0.29, 0.717) is 16.5 Å². The largest absolute Gasteiger partial charge is 0.507 e. The van der Waals surface area contributed by atoms with Crippen LogP contribution in [0.15, 0.2) is 64.8 Å². The van der Waals surface area contributed by atoms with Gasteiger partial charge in [0.15, 0.2) is 0 Å². The van der Waals surface area contributed by atoms with Crippen LogP contribution in [0.3, 0.4) is 0 Å². The van der Waals surface area contributed by atoms with Crippen LogP contribution in [-0.4, -0.2) is 26.7 Å². The summed E-state index contributed by atoms with van der Waals surface area (Å²) in [6.45, 7) is 1.89. The van der Waals surface area contributed by atoms with Crippen LogP contribution in [0.4, 0.5) is 0 Å². The molecule has 1 aliphatic heterocycles. The molecule has 0 radical (unpaired) electrons. The number of furan rings is 1. The predicted molar refractivity (Wildman–Crippen MR) is 112 cm³/mol. The summed E-state index contributed by atoms with van der Waals surface area (Å²) in [7, 11) is 0. The first-order valence-electron chi connectivity index (χ1n) is 9.06. The first-order chi connectivity index (χ1) is 14.4. The first kappa shape index (κ1) is 20.2. The number of pyridine rings is 1. The lowest BCUT2D eigenvalue weighted by atomic mass is 9.99. The number of carbonyl (C=O) groups excluding carboxylic acids is 2. The van der Waals surface area contributed by atoms with Crippen LogP contribution in [-0.2, 0) is 16.1 Å². The van der Waals surface area contributed by atoms with Crippen molar-refractivity contribution in [2.45, 2.75) is 19.5 Å². The van der Waals surface area contributed by atoms with Gasteiger partial charge in [0.05, 0.1) is 15.6 Å². The maximum Gasteiger partial charge on any atom is 0.296 e. The zero-order valence-corrected chi connectivity index (χ0v) is 17.3. The maximum atomic E-state index is 12.9. The number of nitrogens with zero attached hydrogens (tertiary/aromatic N) is 2. The lowest BCUT2D eigenvalue weighted by molar-refractivity contribution is -0.140. The highest BCUT2D eigenvalue weighted by atomic mass is 35.5. The lowest BCUT2D eigenvalue weighted by Gasteiger charge is -2.23. The van der Waals surface area contributed by atoms with Crippen LogP contribution in [0.1, 0.15) is 28.7 Å². The molecule has 1 aromatic carbocycles. The van der Waals surface area contributed by atoms with E-state index in [9.17, 15) is 14.7 Å². The molecule has 4 rings (SSSR count). The molecule has 0 bridgehead atoms. The molecule has 1 N–H and O–H groups in total. The summed E-state index contributed by atoms with van der Waals surface area (Å²) in [5.74, 6) is -0.899. The van der Waals surface area contributed by atoms with Crippen molar-refractivity contribution >= 4 is 40.7 Å². The second-order valence-corrected chi connectivity index (χ2v) is 7.68. The monoisotopic (exact) mass is 442 g/mol. The minimum Gasteiger partial charge on any atom is -0.507 e. The Morgan fingerprint density at radius 2 is 1.97 bits per heavy atom. The van der Waals surface area contributed by atoms with Crippen molar-refractivity contribution in [3.05, 3.63) is 93.1 Å². The number of aliphatic hydroxyl groups is 1. The number of hydrogen-bond acceptors (Lipinski definition) is 5. The van der Waals surface area contributed by atoms with E-state index in [1.54, 1.807) is 43.6 Å². The average Bonchev–Trinajstić information content (AvgIpc) is 3.26. The van der Waals surface area contributed by atoms with Gasteiger partial charge in [0, 0.05) is 24.5 Å². The topological polar surface area (TPSA) is 83.6 Å². The summed E-state index contributed by atoms with van der Waals surface area (Å²) in [4.78, 5) is 31.2. The van der Waals surface area contributed by atoms with Crippen LogP contribution in [0, 0.1) is 6.92 Å². The summed E-state index contributed by atoms with van der Waals surface area (Å²) in [5, 5.41) is 11.5. The molecule has 0 aliphatic carbocycles. The molecule has 1 amide bonds. The van der Waals surface area contributed by atoms with Crippen LogP contribution in [0.5, 0.6) is 0 Å². The Morgan fingerprint density at radius 3 is 2.60 bits per heavy atom. The third-order valence-corrected chi connectivity index (χ3v) is 5.58. The third-order valence-electron chi connectivity index (χ3n) is 4.84. The number of aryl methyl sites for hydroxylation is 1. The molecule has 1 unspecified atom stereocenters. The molecule has 1 saturated heterocycles. The van der Waals surface area contributed by atoms with E-state index >= 15 is 0 Å². The number of rotatable bonds is 4. The lowest BCUT2D eigenvalue weighted by Crippen LogP contribution is -2.29. The minimum atomic E-state index is -0.895. The molecule has 3 heterocycles. The Balaban J connectivity index is 1.86. The van der Waals surface area contributed by atoms with Crippen molar-refractivity contribution in [2.75, 3.05) is 0 Å². The average molecular weight is 443 g/mol. The number of benzene rings is 1. The Morgan fingerprint density at radius 1 is 1.17 bits per heavy atom. The number of halogens is 2. The highest BCUT2D eigenvalue weighted by Crippen LogP contribution is 2.41. The van der Waals surface area contributed by atoms with Crippen molar-refractivity contribution in [3.63, 3.8) is 0 Å². The highest BCUT2D eigenvalue weighted by Gasteiger charge is 2.47. The fraction of sp³-hybridized carbons (Fsp3) is 0.136. The molecule has 30 heavy (non-hydrogen) atoms. The quantitative estimate of drug-likeness (QED) is 0.352. The number of amides is 1. The zero-order valence-electron chi connectivity index (χ0n) is 15.8. The van der Waals surface area contributed by atoms with Gasteiger partial charge in [-0.1, -0.05) is 29.3 Å². The normalized spacial score (nSPS) is 18.2. The van der Waals surface area contributed by atoms with Gasteiger partial charge in [0.1, 0.15) is 23.3 Å². The van der Waals surface area contributed by atoms with E-state index in [-0.39, 0.29) is 28.5 Å². The number of carbonyl (C=O) groups is 2. The summed E-state index contributed by atoms with van der Waals surface area (Å²) in [6.07, 6.45) is 3.23. The number of ketones is 1. The van der Waals surface area contributed by atoms with Gasteiger partial charge in [0.25, 0.3) is 11.7 Å². The summed E-state index contributed by atoms with van der Waals surface area (Å²) < 4.78 is 5.74. The van der Waals surface area contributed by atoms with E-state index in [2.05, 4.69) is 4.98 Å². The maximum absolute atomic E-state index is 12.9. The molecular formula is C22H16Cl2N2O4. The Kier molecular flexibility index (Phi) is 5.37. The van der Waals surface area contributed by atoms with Crippen LogP contribution >= 0.6 is 23.2 Å². The molecule has 1 fully saturated rings. The Bertz CT molecular complexity index is 1170. The summed E-state index contributed by atoms with van der Waals surface area (Å²) in [6, 6.07) is 10.6. The number of aliphatic hydroxyl groups excluding tert-OH is 1. The highest BCUT2D eigenvalue weighted by molar-refractivity contribution is 6.46. The van der Waals surface area contributed by atoms with Gasteiger partial charge in [-0.15, -0.1) is 0 Å². The van der Waals surface area contributed by atoms with Crippen molar-refractivity contribution in [2.24, 2.45) is 0 Å². The van der Waals surface area contributed by atoms with Crippen LogP contribution in [0.2, 0.25) is 10.0 Å². The number of likely N-dealkylation sites (tertiary alicyclic amines) is 1. The smallest absolute Gasteiger partial charge is 0.296 e. The molecule has 1 aliphatic rings. The van der Waals surface area contributed by atoms with Gasteiger partial charge in [-0.2, -0.15) is 0 Å². The fourth-order valence-electron chi connectivity index (χ4n) is 3.43. The number of Topliss-reactive ketones (excluding diaryl/α,β-unsaturated/α-hetero) is 1. The molecular weight excluding hydrogens is 427 g/mol. The molecule has 0 saturated carbocycles. The van der Waals surface area contributed by atoms with E-state index in [1.165, 1.54) is 23.1 Å². The zero-order chi connectivity index (χ0) is 21.4. The van der Waals surface area contributed by atoms with Crippen molar-refractivity contribution in [1.82, 2.24) is 9.88 Å². The van der Waals surface area contributed by atoms with Crippen LogP contribution < -0.4 is 0 Å². The predicted octanol–water partition coefficient (Wildman–Crippen LogP) is 4.91. The van der Waals surface area contributed by atoms with Crippen molar-refractivity contribution < 1.29 is 19.1 Å². The van der Waals surface area contributed by atoms with Gasteiger partial charge in [-0.25, -0.2) is 0 Å². The molecule has 8 heteroatoms. The van der Waals surface area contributed by atoms with Crippen molar-refractivity contribution in [1.29, 1.82) is 0 Å². The third kappa shape index (κ3) is 3.60. The molecule has 6 nitrogen and oxygen atoms in total. The molecule has 3 aromatic rings. The molecule has 152 valence electrons. The van der Waals surface area contributed by atoms with Gasteiger partial charge < -0.3 is 14.4 Å². The standard InChI is InChI=1S/C22H16Cl2N2O4/c1-12-4-7-17(30-12)19-18(20(27)14-5-6-15(23)16(24)9-14)21(28)22(29)26(19)11-13-3-2-8-25-10-13/h2-10,19,27H,11H2,1H3/b20-18-. The Hall–Kier alpha value is -3.09. The second kappa shape index (κ2) is 7.97. The number of aromatic nitrogens is 1. The van der Waals surface area contributed by atoms with E-state index in [0.717, 1.165) is 5.56 Å². The van der Waals surface area contributed by atoms with Crippen LogP contribution in [0.25, 0.3) is 5.76 Å². The summed E-state index contributed by atoms with van der Waals surface area (Å²) >= 11 is 12.0. The van der Waals surface area contributed by atoms with Crippen molar-refractivity contribution in [3.8, 4) is 0 Å². The van der Waals surface area contributed by atoms with Gasteiger partial charge in [0.2, 0.25) is 0 Å². The van der Waals surface area contributed by atoms with Gasteiger partial charge in [-0.05, 0) is 48.9 Å². The SMILES string of the molecule is Cc1ccc(C2/C(=C(/O)c3ccc(Cl)c(Cl)c3)C(=O)C(=O)N2Cc2cccnc2)o1. The van der Waals surface area contributed by atoms with E-state index in [4.69, 9.17) is 27.6 Å². The number of hydrogen-bond donors (Lipinski definition) is 1.